The van der Waals surface area contributed by atoms with Gasteiger partial charge in [-0.2, -0.15) is 0 Å². The number of anilines is 1. The summed E-state index contributed by atoms with van der Waals surface area (Å²) >= 11 is 0. The molecule has 1 aliphatic heterocycles. The number of nitrogens with zero attached hydrogens (tertiary/aromatic N) is 1. The Balaban J connectivity index is 1.82. The summed E-state index contributed by atoms with van der Waals surface area (Å²) in [5.41, 5.74) is 0.250. The Morgan fingerprint density at radius 1 is 1.11 bits per heavy atom. The first-order valence-corrected chi connectivity index (χ1v) is 5.85. The highest BCUT2D eigenvalue weighted by atomic mass is 19.2. The van der Waals surface area contributed by atoms with Gasteiger partial charge in [0.15, 0.2) is 17.5 Å². The standard InChI is InChI=1S/C12H15F3N2O/c13-10-7-9(8-11(14)12(10)15)16-1-2-17-3-5-18-6-4-17/h7-8,16H,1-6H2. The molecule has 1 aromatic carbocycles. The Morgan fingerprint density at radius 2 is 1.72 bits per heavy atom. The van der Waals surface area contributed by atoms with E-state index in [4.69, 9.17) is 4.74 Å². The normalized spacial score (nSPS) is 16.8. The number of rotatable bonds is 4. The first-order valence-electron chi connectivity index (χ1n) is 5.85. The molecule has 6 heteroatoms. The quantitative estimate of drug-likeness (QED) is 0.836. The molecule has 1 fully saturated rings. The number of benzene rings is 1. The molecular formula is C12H15F3N2O. The summed E-state index contributed by atoms with van der Waals surface area (Å²) in [7, 11) is 0. The van der Waals surface area contributed by atoms with Crippen molar-refractivity contribution in [2.75, 3.05) is 44.7 Å². The van der Waals surface area contributed by atoms with E-state index in [-0.39, 0.29) is 5.69 Å². The molecule has 100 valence electrons. The highest BCUT2D eigenvalue weighted by molar-refractivity contribution is 5.44. The van der Waals surface area contributed by atoms with Crippen molar-refractivity contribution in [3.63, 3.8) is 0 Å². The van der Waals surface area contributed by atoms with Crippen LogP contribution >= 0.6 is 0 Å². The third kappa shape index (κ3) is 3.36. The molecule has 0 spiro atoms. The second-order valence-electron chi connectivity index (χ2n) is 4.13. The minimum absolute atomic E-state index is 0.250. The van der Waals surface area contributed by atoms with Gasteiger partial charge in [0, 0.05) is 44.0 Å². The van der Waals surface area contributed by atoms with E-state index in [0.717, 1.165) is 31.8 Å². The van der Waals surface area contributed by atoms with E-state index in [1.165, 1.54) is 0 Å². The molecule has 0 saturated carbocycles. The zero-order valence-electron chi connectivity index (χ0n) is 9.89. The predicted octanol–water partition coefficient (Wildman–Crippen LogP) is 1.85. The highest BCUT2D eigenvalue weighted by Gasteiger charge is 2.11. The van der Waals surface area contributed by atoms with Gasteiger partial charge in [0.1, 0.15) is 0 Å². The van der Waals surface area contributed by atoms with Crippen molar-refractivity contribution in [2.24, 2.45) is 0 Å². The lowest BCUT2D eigenvalue weighted by molar-refractivity contribution is 0.0398. The van der Waals surface area contributed by atoms with Crippen LogP contribution < -0.4 is 5.32 Å². The Labute approximate surface area is 104 Å². The molecule has 3 nitrogen and oxygen atoms in total. The first-order chi connectivity index (χ1) is 8.66. The summed E-state index contributed by atoms with van der Waals surface area (Å²) in [6.07, 6.45) is 0. The van der Waals surface area contributed by atoms with Crippen LogP contribution in [-0.4, -0.2) is 44.3 Å². The van der Waals surface area contributed by atoms with Gasteiger partial charge in [-0.3, -0.25) is 4.90 Å². The number of nitrogens with one attached hydrogen (secondary N) is 1. The van der Waals surface area contributed by atoms with Crippen LogP contribution in [0.4, 0.5) is 18.9 Å². The molecular weight excluding hydrogens is 245 g/mol. The zero-order valence-corrected chi connectivity index (χ0v) is 9.89. The molecule has 0 atom stereocenters. The molecule has 0 unspecified atom stereocenters. The lowest BCUT2D eigenvalue weighted by atomic mass is 10.3. The molecule has 18 heavy (non-hydrogen) atoms. The summed E-state index contributed by atoms with van der Waals surface area (Å²) in [4.78, 5) is 2.19. The van der Waals surface area contributed by atoms with E-state index in [1.54, 1.807) is 0 Å². The topological polar surface area (TPSA) is 24.5 Å². The summed E-state index contributed by atoms with van der Waals surface area (Å²) in [5.74, 6) is -3.79. The fourth-order valence-electron chi connectivity index (χ4n) is 1.84. The summed E-state index contributed by atoms with van der Waals surface area (Å²) in [5, 5.41) is 2.87. The lowest BCUT2D eigenvalue weighted by Gasteiger charge is -2.26. The maximum atomic E-state index is 12.9. The van der Waals surface area contributed by atoms with Crippen LogP contribution in [-0.2, 0) is 4.74 Å². The van der Waals surface area contributed by atoms with Crippen LogP contribution in [0.1, 0.15) is 0 Å². The molecule has 1 heterocycles. The minimum atomic E-state index is -1.44. The van der Waals surface area contributed by atoms with Crippen LogP contribution in [0.25, 0.3) is 0 Å². The van der Waals surface area contributed by atoms with Gasteiger partial charge in [0.05, 0.1) is 13.2 Å². The minimum Gasteiger partial charge on any atom is -0.384 e. The molecule has 0 aromatic heterocycles. The number of hydrogen-bond donors (Lipinski definition) is 1. The van der Waals surface area contributed by atoms with E-state index >= 15 is 0 Å². The summed E-state index contributed by atoms with van der Waals surface area (Å²) in [6.45, 7) is 4.43. The SMILES string of the molecule is Fc1cc(NCCN2CCOCC2)cc(F)c1F. The Kier molecular flexibility index (Phi) is 4.43. The van der Waals surface area contributed by atoms with Crippen LogP contribution in [0.5, 0.6) is 0 Å². The monoisotopic (exact) mass is 260 g/mol. The van der Waals surface area contributed by atoms with Crippen LogP contribution in [0, 0.1) is 17.5 Å². The third-order valence-corrected chi connectivity index (χ3v) is 2.84. The number of ether oxygens (including phenoxy) is 1. The molecule has 1 aliphatic rings. The summed E-state index contributed by atoms with van der Waals surface area (Å²) < 4.78 is 43.8. The average molecular weight is 260 g/mol. The Hall–Kier alpha value is -1.27. The second-order valence-corrected chi connectivity index (χ2v) is 4.13. The van der Waals surface area contributed by atoms with Crippen molar-refractivity contribution in [3.8, 4) is 0 Å². The maximum absolute atomic E-state index is 12.9. The van der Waals surface area contributed by atoms with Crippen LogP contribution in [0.15, 0.2) is 12.1 Å². The van der Waals surface area contributed by atoms with Crippen LogP contribution in [0.3, 0.4) is 0 Å². The summed E-state index contributed by atoms with van der Waals surface area (Å²) in [6, 6.07) is 1.91. The molecule has 1 aromatic rings. The third-order valence-electron chi connectivity index (χ3n) is 2.84. The Morgan fingerprint density at radius 3 is 2.33 bits per heavy atom. The number of morpholine rings is 1. The van der Waals surface area contributed by atoms with Crippen molar-refractivity contribution in [1.29, 1.82) is 0 Å². The fraction of sp³-hybridized carbons (Fsp3) is 0.500. The van der Waals surface area contributed by atoms with Crippen molar-refractivity contribution in [3.05, 3.63) is 29.6 Å². The van der Waals surface area contributed by atoms with E-state index in [1.807, 2.05) is 0 Å². The molecule has 0 amide bonds. The highest BCUT2D eigenvalue weighted by Crippen LogP contribution is 2.17. The van der Waals surface area contributed by atoms with Gasteiger partial charge >= 0.3 is 0 Å². The number of hydrogen-bond acceptors (Lipinski definition) is 3. The molecule has 0 radical (unpaired) electrons. The van der Waals surface area contributed by atoms with E-state index in [9.17, 15) is 13.2 Å². The van der Waals surface area contributed by atoms with Crippen LogP contribution in [0.2, 0.25) is 0 Å². The predicted molar refractivity (Wildman–Crippen MR) is 62.1 cm³/mol. The van der Waals surface area contributed by atoms with Gasteiger partial charge in [-0.25, -0.2) is 13.2 Å². The number of halogens is 3. The van der Waals surface area contributed by atoms with E-state index in [2.05, 4.69) is 10.2 Å². The van der Waals surface area contributed by atoms with Gasteiger partial charge in [0.2, 0.25) is 0 Å². The Bertz CT molecular complexity index is 385. The van der Waals surface area contributed by atoms with Gasteiger partial charge in [0.25, 0.3) is 0 Å². The zero-order chi connectivity index (χ0) is 13.0. The fourth-order valence-corrected chi connectivity index (χ4v) is 1.84. The van der Waals surface area contributed by atoms with Crippen molar-refractivity contribution < 1.29 is 17.9 Å². The lowest BCUT2D eigenvalue weighted by Crippen LogP contribution is -2.39. The molecule has 0 aliphatic carbocycles. The van der Waals surface area contributed by atoms with Gasteiger partial charge < -0.3 is 10.1 Å². The maximum Gasteiger partial charge on any atom is 0.194 e. The van der Waals surface area contributed by atoms with Gasteiger partial charge in [-0.15, -0.1) is 0 Å². The molecule has 0 bridgehead atoms. The largest absolute Gasteiger partial charge is 0.384 e. The van der Waals surface area contributed by atoms with Crippen molar-refractivity contribution in [1.82, 2.24) is 4.90 Å². The van der Waals surface area contributed by atoms with Crippen molar-refractivity contribution >= 4 is 5.69 Å². The van der Waals surface area contributed by atoms with Crippen molar-refractivity contribution in [2.45, 2.75) is 0 Å². The molecule has 2 rings (SSSR count). The second kappa shape index (κ2) is 6.06. The first kappa shape index (κ1) is 13.2. The smallest absolute Gasteiger partial charge is 0.194 e. The molecule has 1 N–H and O–H groups in total. The van der Waals surface area contributed by atoms with E-state index in [0.29, 0.717) is 19.8 Å². The average Bonchev–Trinajstić information content (AvgIpc) is 2.37. The molecule has 1 saturated heterocycles. The van der Waals surface area contributed by atoms with Gasteiger partial charge in [-0.1, -0.05) is 0 Å². The van der Waals surface area contributed by atoms with Gasteiger partial charge in [-0.05, 0) is 0 Å². The van der Waals surface area contributed by atoms with E-state index < -0.39 is 17.5 Å².